The molecule has 9 rings (SSSR count). The lowest BCUT2D eigenvalue weighted by Crippen LogP contribution is -2.33. The quantitative estimate of drug-likeness (QED) is 0.214. The lowest BCUT2D eigenvalue weighted by atomic mass is 9.65. The third kappa shape index (κ3) is 2.46. The molecule has 0 bridgehead atoms. The molecule has 1 heteroatoms. The van der Waals surface area contributed by atoms with Crippen LogP contribution in [0.15, 0.2) is 133 Å². The fourth-order valence-corrected chi connectivity index (χ4v) is 7.62. The monoisotopic (exact) mass is 495 g/mol. The van der Waals surface area contributed by atoms with Crippen molar-refractivity contribution in [2.75, 3.05) is 0 Å². The Balaban J connectivity index is 1.57. The first-order valence-corrected chi connectivity index (χ1v) is 13.7. The van der Waals surface area contributed by atoms with Gasteiger partial charge in [0.05, 0.1) is 22.1 Å². The molecule has 1 aliphatic heterocycles. The van der Waals surface area contributed by atoms with Crippen molar-refractivity contribution < 1.29 is 0 Å². The molecular weight excluding hydrogens is 470 g/mol. The number of fused-ring (bicyclic) bond motifs is 12. The van der Waals surface area contributed by atoms with Crippen molar-refractivity contribution in [3.63, 3.8) is 0 Å². The Kier molecular flexibility index (Phi) is 3.98. The molecule has 0 saturated heterocycles. The number of para-hydroxylation sites is 1. The lowest BCUT2D eigenvalue weighted by molar-refractivity contribution is 0.748. The van der Waals surface area contributed by atoms with Crippen LogP contribution >= 0.6 is 0 Å². The summed E-state index contributed by atoms with van der Waals surface area (Å²) in [6.07, 6.45) is 0. The van der Waals surface area contributed by atoms with Crippen LogP contribution in [0.5, 0.6) is 0 Å². The maximum Gasteiger partial charge on any atom is 0.0754 e. The SMILES string of the molecule is Cc1ccc2c(c1)c1c(-c3ccccc3)ccc3c1n2-c1ccccc1C31c2ccccc2-c2ccccc21. The Hall–Kier alpha value is -4.88. The van der Waals surface area contributed by atoms with E-state index in [1.807, 2.05) is 0 Å². The second-order valence-electron chi connectivity index (χ2n) is 11.0. The number of aryl methyl sites for hydroxylation is 1. The van der Waals surface area contributed by atoms with Gasteiger partial charge in [0.2, 0.25) is 0 Å². The van der Waals surface area contributed by atoms with Crippen LogP contribution in [-0.4, -0.2) is 4.57 Å². The van der Waals surface area contributed by atoms with Crippen LogP contribution < -0.4 is 0 Å². The fourth-order valence-electron chi connectivity index (χ4n) is 7.62. The van der Waals surface area contributed by atoms with Gasteiger partial charge in [0.15, 0.2) is 0 Å². The number of nitrogens with zero attached hydrogens (tertiary/aromatic N) is 1. The minimum atomic E-state index is -0.378. The smallest absolute Gasteiger partial charge is 0.0754 e. The van der Waals surface area contributed by atoms with Gasteiger partial charge in [0.25, 0.3) is 0 Å². The molecule has 2 heterocycles. The van der Waals surface area contributed by atoms with Gasteiger partial charge in [-0.1, -0.05) is 121 Å². The van der Waals surface area contributed by atoms with Gasteiger partial charge in [0, 0.05) is 10.8 Å². The van der Waals surface area contributed by atoms with Crippen LogP contribution in [0.3, 0.4) is 0 Å². The average molecular weight is 496 g/mol. The highest BCUT2D eigenvalue weighted by molar-refractivity contribution is 6.18. The lowest BCUT2D eigenvalue weighted by Gasteiger charge is -2.39. The second-order valence-corrected chi connectivity index (χ2v) is 11.0. The zero-order chi connectivity index (χ0) is 25.7. The molecule has 39 heavy (non-hydrogen) atoms. The minimum absolute atomic E-state index is 0.378. The number of rotatable bonds is 1. The van der Waals surface area contributed by atoms with Crippen LogP contribution in [0, 0.1) is 6.92 Å². The van der Waals surface area contributed by atoms with Crippen LogP contribution in [0.1, 0.15) is 27.8 Å². The van der Waals surface area contributed by atoms with Gasteiger partial charge in [-0.05, 0) is 69.6 Å². The number of hydrogen-bond donors (Lipinski definition) is 0. The van der Waals surface area contributed by atoms with E-state index in [4.69, 9.17) is 0 Å². The van der Waals surface area contributed by atoms with Gasteiger partial charge in [-0.15, -0.1) is 0 Å². The number of hydrogen-bond acceptors (Lipinski definition) is 0. The van der Waals surface area contributed by atoms with E-state index in [-0.39, 0.29) is 5.41 Å². The van der Waals surface area contributed by atoms with E-state index in [2.05, 4.69) is 145 Å². The summed E-state index contributed by atoms with van der Waals surface area (Å²) in [5, 5.41) is 2.66. The van der Waals surface area contributed by atoms with Gasteiger partial charge in [-0.25, -0.2) is 0 Å². The zero-order valence-electron chi connectivity index (χ0n) is 21.6. The summed E-state index contributed by atoms with van der Waals surface area (Å²) in [5.74, 6) is 0. The summed E-state index contributed by atoms with van der Waals surface area (Å²) in [6, 6.07) is 49.7. The van der Waals surface area contributed by atoms with Gasteiger partial charge < -0.3 is 4.57 Å². The van der Waals surface area contributed by atoms with Crippen molar-refractivity contribution >= 4 is 21.8 Å². The highest BCUT2D eigenvalue weighted by Gasteiger charge is 2.50. The molecule has 2 aliphatic rings. The van der Waals surface area contributed by atoms with E-state index in [0.29, 0.717) is 0 Å². The van der Waals surface area contributed by atoms with Gasteiger partial charge in [0.1, 0.15) is 0 Å². The molecule has 0 fully saturated rings. The Morgan fingerprint density at radius 2 is 1.15 bits per heavy atom. The van der Waals surface area contributed by atoms with Gasteiger partial charge in [-0.3, -0.25) is 0 Å². The van der Waals surface area contributed by atoms with E-state index in [1.165, 1.54) is 77.6 Å². The Morgan fingerprint density at radius 1 is 0.513 bits per heavy atom. The second kappa shape index (κ2) is 7.36. The molecule has 1 nitrogen and oxygen atoms in total. The van der Waals surface area contributed by atoms with Crippen molar-refractivity contribution in [1.82, 2.24) is 4.57 Å². The molecule has 0 amide bonds. The highest BCUT2D eigenvalue weighted by Crippen LogP contribution is 2.61. The number of aromatic nitrogens is 1. The zero-order valence-corrected chi connectivity index (χ0v) is 21.6. The molecule has 1 aromatic heterocycles. The topological polar surface area (TPSA) is 4.93 Å². The minimum Gasteiger partial charge on any atom is -0.309 e. The van der Waals surface area contributed by atoms with Crippen molar-refractivity contribution in [2.24, 2.45) is 0 Å². The summed E-state index contributed by atoms with van der Waals surface area (Å²) in [7, 11) is 0. The van der Waals surface area contributed by atoms with Gasteiger partial charge in [-0.2, -0.15) is 0 Å². The molecular formula is C38H25N. The van der Waals surface area contributed by atoms with Gasteiger partial charge >= 0.3 is 0 Å². The molecule has 1 aliphatic carbocycles. The Morgan fingerprint density at radius 3 is 1.90 bits per heavy atom. The molecule has 182 valence electrons. The summed E-state index contributed by atoms with van der Waals surface area (Å²) in [5.41, 5.74) is 15.4. The molecule has 0 saturated carbocycles. The van der Waals surface area contributed by atoms with Crippen LogP contribution in [0.2, 0.25) is 0 Å². The molecule has 0 unspecified atom stereocenters. The van der Waals surface area contributed by atoms with Crippen LogP contribution in [0.4, 0.5) is 0 Å². The van der Waals surface area contributed by atoms with Crippen molar-refractivity contribution in [3.8, 4) is 27.9 Å². The first-order chi connectivity index (χ1) is 19.3. The van der Waals surface area contributed by atoms with Crippen molar-refractivity contribution in [3.05, 3.63) is 161 Å². The number of benzene rings is 6. The predicted octanol–water partition coefficient (Wildman–Crippen LogP) is 9.44. The Bertz CT molecular complexity index is 2080. The maximum atomic E-state index is 2.54. The van der Waals surface area contributed by atoms with Crippen LogP contribution in [0.25, 0.3) is 49.7 Å². The summed E-state index contributed by atoms with van der Waals surface area (Å²) >= 11 is 0. The third-order valence-electron chi connectivity index (χ3n) is 9.05. The first-order valence-electron chi connectivity index (χ1n) is 13.7. The largest absolute Gasteiger partial charge is 0.309 e. The average Bonchev–Trinajstić information content (AvgIpc) is 3.48. The molecule has 0 N–H and O–H groups in total. The molecule has 0 atom stereocenters. The summed E-state index contributed by atoms with van der Waals surface area (Å²) in [4.78, 5) is 0. The van der Waals surface area contributed by atoms with Crippen molar-refractivity contribution in [2.45, 2.75) is 12.3 Å². The molecule has 7 aromatic rings. The van der Waals surface area contributed by atoms with E-state index in [0.717, 1.165) is 0 Å². The summed E-state index contributed by atoms with van der Waals surface area (Å²) < 4.78 is 2.54. The van der Waals surface area contributed by atoms with E-state index in [1.54, 1.807) is 0 Å². The normalized spacial score (nSPS) is 14.0. The maximum absolute atomic E-state index is 2.54. The van der Waals surface area contributed by atoms with E-state index < -0.39 is 0 Å². The molecule has 1 spiro atoms. The van der Waals surface area contributed by atoms with E-state index in [9.17, 15) is 0 Å². The van der Waals surface area contributed by atoms with E-state index >= 15 is 0 Å². The summed E-state index contributed by atoms with van der Waals surface area (Å²) in [6.45, 7) is 2.20. The first kappa shape index (κ1) is 21.1. The third-order valence-corrected chi connectivity index (χ3v) is 9.05. The van der Waals surface area contributed by atoms with Crippen molar-refractivity contribution in [1.29, 1.82) is 0 Å². The highest BCUT2D eigenvalue weighted by atomic mass is 15.0. The Labute approximate surface area is 227 Å². The van der Waals surface area contributed by atoms with Crippen LogP contribution in [-0.2, 0) is 5.41 Å². The standard InChI is InChI=1S/C38H25N/c1-24-19-22-34-29(23-24)36-26(25-11-3-2-4-12-25)20-21-33-37(36)39(34)35-18-10-9-17-32(35)38(33)30-15-7-5-13-27(30)28-14-6-8-16-31(28)38/h2-23H,1H3. The predicted molar refractivity (Wildman–Crippen MR) is 162 cm³/mol. The fraction of sp³-hybridized carbons (Fsp3) is 0.0526. The molecule has 6 aromatic carbocycles. The molecule has 0 radical (unpaired) electrons.